The second-order valence-corrected chi connectivity index (χ2v) is 9.41. The molecule has 0 spiro atoms. The molecule has 32 heavy (non-hydrogen) atoms. The summed E-state index contributed by atoms with van der Waals surface area (Å²) in [5.41, 5.74) is 3.04. The molecule has 1 aliphatic heterocycles. The Morgan fingerprint density at radius 1 is 0.938 bits per heavy atom. The van der Waals surface area contributed by atoms with Crippen LogP contribution in [0.25, 0.3) is 11.3 Å². The molecule has 0 bridgehead atoms. The Morgan fingerprint density at radius 2 is 1.59 bits per heavy atom. The number of piperazine rings is 1. The van der Waals surface area contributed by atoms with E-state index in [1.165, 1.54) is 16.4 Å². The van der Waals surface area contributed by atoms with Crippen molar-refractivity contribution < 1.29 is 13.2 Å². The lowest BCUT2D eigenvalue weighted by molar-refractivity contribution is 0.0696. The van der Waals surface area contributed by atoms with Gasteiger partial charge in [-0.15, -0.1) is 0 Å². The number of aromatic nitrogens is 1. The van der Waals surface area contributed by atoms with Gasteiger partial charge in [0.1, 0.15) is 6.07 Å². The minimum absolute atomic E-state index is 0.00109. The van der Waals surface area contributed by atoms with Crippen LogP contribution in [0, 0.1) is 18.3 Å². The number of amides is 1. The molecule has 7 nitrogen and oxygen atoms in total. The quantitative estimate of drug-likeness (QED) is 0.614. The highest BCUT2D eigenvalue weighted by atomic mass is 32.2. The summed E-state index contributed by atoms with van der Waals surface area (Å²) in [4.78, 5) is 19.3. The van der Waals surface area contributed by atoms with Gasteiger partial charge in [-0.25, -0.2) is 8.42 Å². The fraction of sp³-hybridized carbons (Fsp3) is 0.208. The maximum Gasteiger partial charge on any atom is 0.255 e. The van der Waals surface area contributed by atoms with Crippen molar-refractivity contribution >= 4 is 15.9 Å². The van der Waals surface area contributed by atoms with E-state index in [-0.39, 0.29) is 42.5 Å². The molecule has 2 aromatic carbocycles. The molecule has 0 atom stereocenters. The number of nitrogens with zero attached hydrogens (tertiary/aromatic N) is 4. The molecule has 4 rings (SSSR count). The Bertz CT molecular complexity index is 1290. The van der Waals surface area contributed by atoms with E-state index in [1.807, 2.05) is 42.5 Å². The SMILES string of the molecule is Cc1nc(-c2ccccc2)ccc1C(=O)N1CCN(S(=O)(=O)c2ccccc2C#N)CC1. The number of benzene rings is 2. The third-order valence-electron chi connectivity index (χ3n) is 5.54. The number of rotatable bonds is 4. The smallest absolute Gasteiger partial charge is 0.255 e. The Balaban J connectivity index is 1.48. The van der Waals surface area contributed by atoms with Crippen molar-refractivity contribution in [2.45, 2.75) is 11.8 Å². The van der Waals surface area contributed by atoms with E-state index < -0.39 is 10.0 Å². The molecule has 1 saturated heterocycles. The highest BCUT2D eigenvalue weighted by Gasteiger charge is 2.32. The van der Waals surface area contributed by atoms with Crippen LogP contribution in [-0.4, -0.2) is 54.7 Å². The topological polar surface area (TPSA) is 94.4 Å². The summed E-state index contributed by atoms with van der Waals surface area (Å²) >= 11 is 0. The number of aryl methyl sites for hydroxylation is 1. The average Bonchev–Trinajstić information content (AvgIpc) is 2.84. The normalized spacial score (nSPS) is 14.7. The van der Waals surface area contributed by atoms with Gasteiger partial charge in [0.05, 0.1) is 27.4 Å². The van der Waals surface area contributed by atoms with Gasteiger partial charge < -0.3 is 4.90 Å². The second kappa shape index (κ2) is 8.91. The number of hydrogen-bond donors (Lipinski definition) is 0. The van der Waals surface area contributed by atoms with Crippen LogP contribution in [0.4, 0.5) is 0 Å². The molecule has 1 aromatic heterocycles. The first kappa shape index (κ1) is 21.7. The fourth-order valence-electron chi connectivity index (χ4n) is 3.78. The van der Waals surface area contributed by atoms with Crippen LogP contribution in [-0.2, 0) is 10.0 Å². The zero-order valence-corrected chi connectivity index (χ0v) is 18.4. The second-order valence-electron chi connectivity index (χ2n) is 7.50. The third kappa shape index (κ3) is 4.13. The van der Waals surface area contributed by atoms with Crippen molar-refractivity contribution in [2.75, 3.05) is 26.2 Å². The summed E-state index contributed by atoms with van der Waals surface area (Å²) in [6, 6.07) is 21.4. The Labute approximate surface area is 187 Å². The zero-order chi connectivity index (χ0) is 22.7. The van der Waals surface area contributed by atoms with Gasteiger partial charge >= 0.3 is 0 Å². The summed E-state index contributed by atoms with van der Waals surface area (Å²) < 4.78 is 27.3. The number of nitriles is 1. The summed E-state index contributed by atoms with van der Waals surface area (Å²) in [5, 5.41) is 9.25. The van der Waals surface area contributed by atoms with Crippen molar-refractivity contribution in [3.8, 4) is 17.3 Å². The summed E-state index contributed by atoms with van der Waals surface area (Å²) in [6.45, 7) is 2.68. The first-order valence-electron chi connectivity index (χ1n) is 10.2. The molecule has 1 aliphatic rings. The van der Waals surface area contributed by atoms with Crippen molar-refractivity contribution in [1.82, 2.24) is 14.2 Å². The van der Waals surface area contributed by atoms with Crippen molar-refractivity contribution in [3.05, 3.63) is 83.6 Å². The molecule has 3 aromatic rings. The standard InChI is InChI=1S/C24H22N4O3S/c1-18-21(11-12-22(26-18)19-7-3-2-4-8-19)24(29)27-13-15-28(16-14-27)32(30,31)23-10-6-5-9-20(23)17-25/h2-12H,13-16H2,1H3. The molecule has 2 heterocycles. The van der Waals surface area contributed by atoms with Gasteiger partial charge in [0, 0.05) is 31.7 Å². The Kier molecular flexibility index (Phi) is 6.04. The summed E-state index contributed by atoms with van der Waals surface area (Å²) in [7, 11) is -3.80. The van der Waals surface area contributed by atoms with Crippen LogP contribution in [0.1, 0.15) is 21.6 Å². The average molecular weight is 447 g/mol. The summed E-state index contributed by atoms with van der Waals surface area (Å²) in [5.74, 6) is -0.163. The van der Waals surface area contributed by atoms with Crippen molar-refractivity contribution in [3.63, 3.8) is 0 Å². The highest BCUT2D eigenvalue weighted by molar-refractivity contribution is 7.89. The molecule has 1 amide bonds. The maximum absolute atomic E-state index is 13.1. The molecule has 0 radical (unpaired) electrons. The van der Waals surface area contributed by atoms with Gasteiger partial charge in [0.15, 0.2) is 0 Å². The van der Waals surface area contributed by atoms with Gasteiger partial charge in [-0.05, 0) is 31.2 Å². The van der Waals surface area contributed by atoms with E-state index in [4.69, 9.17) is 0 Å². The van der Waals surface area contributed by atoms with E-state index >= 15 is 0 Å². The number of hydrogen-bond acceptors (Lipinski definition) is 5. The third-order valence-corrected chi connectivity index (χ3v) is 7.49. The molecule has 0 aliphatic carbocycles. The van der Waals surface area contributed by atoms with E-state index in [9.17, 15) is 18.5 Å². The zero-order valence-electron chi connectivity index (χ0n) is 17.6. The molecule has 0 N–H and O–H groups in total. The Morgan fingerprint density at radius 3 is 2.25 bits per heavy atom. The lowest BCUT2D eigenvalue weighted by Crippen LogP contribution is -2.50. The highest BCUT2D eigenvalue weighted by Crippen LogP contribution is 2.23. The van der Waals surface area contributed by atoms with E-state index in [0.717, 1.165) is 11.3 Å². The van der Waals surface area contributed by atoms with E-state index in [1.54, 1.807) is 30.0 Å². The van der Waals surface area contributed by atoms with Gasteiger partial charge in [-0.2, -0.15) is 9.57 Å². The van der Waals surface area contributed by atoms with Crippen LogP contribution in [0.5, 0.6) is 0 Å². The molecular weight excluding hydrogens is 424 g/mol. The van der Waals surface area contributed by atoms with Crippen LogP contribution < -0.4 is 0 Å². The predicted octanol–water partition coefficient (Wildman–Crippen LogP) is 3.08. The van der Waals surface area contributed by atoms with Crippen molar-refractivity contribution in [1.29, 1.82) is 5.26 Å². The summed E-state index contributed by atoms with van der Waals surface area (Å²) in [6.07, 6.45) is 0. The van der Waals surface area contributed by atoms with E-state index in [2.05, 4.69) is 4.98 Å². The molecule has 8 heteroatoms. The fourth-order valence-corrected chi connectivity index (χ4v) is 5.35. The van der Waals surface area contributed by atoms with Gasteiger partial charge in [0.2, 0.25) is 10.0 Å². The monoisotopic (exact) mass is 446 g/mol. The Hall–Kier alpha value is -3.54. The molecule has 162 valence electrons. The lowest BCUT2D eigenvalue weighted by atomic mass is 10.1. The largest absolute Gasteiger partial charge is 0.336 e. The van der Waals surface area contributed by atoms with Crippen LogP contribution in [0.15, 0.2) is 71.6 Å². The van der Waals surface area contributed by atoms with Gasteiger partial charge in [-0.3, -0.25) is 9.78 Å². The van der Waals surface area contributed by atoms with Crippen molar-refractivity contribution in [2.24, 2.45) is 0 Å². The van der Waals surface area contributed by atoms with Crippen LogP contribution in [0.3, 0.4) is 0 Å². The first-order chi connectivity index (χ1) is 15.4. The molecule has 0 unspecified atom stereocenters. The molecular formula is C24H22N4O3S. The van der Waals surface area contributed by atoms with Gasteiger partial charge in [-0.1, -0.05) is 42.5 Å². The van der Waals surface area contributed by atoms with Crippen LogP contribution >= 0.6 is 0 Å². The maximum atomic E-state index is 13.1. The number of pyridine rings is 1. The van der Waals surface area contributed by atoms with E-state index in [0.29, 0.717) is 11.3 Å². The number of carbonyl (C=O) groups is 1. The predicted molar refractivity (Wildman–Crippen MR) is 120 cm³/mol. The lowest BCUT2D eigenvalue weighted by Gasteiger charge is -2.34. The first-order valence-corrected chi connectivity index (χ1v) is 11.7. The van der Waals surface area contributed by atoms with Gasteiger partial charge in [0.25, 0.3) is 5.91 Å². The molecule has 0 saturated carbocycles. The molecule has 1 fully saturated rings. The minimum Gasteiger partial charge on any atom is -0.336 e. The minimum atomic E-state index is -3.80. The number of carbonyl (C=O) groups excluding carboxylic acids is 1. The van der Waals surface area contributed by atoms with Crippen LogP contribution in [0.2, 0.25) is 0 Å². The number of sulfonamides is 1.